The van der Waals surface area contributed by atoms with Crippen LogP contribution in [0.5, 0.6) is 5.88 Å². The zero-order chi connectivity index (χ0) is 16.4. The predicted molar refractivity (Wildman–Crippen MR) is 97.0 cm³/mol. The number of nitrogens with zero attached hydrogens (tertiary/aromatic N) is 3. The van der Waals surface area contributed by atoms with E-state index in [1.165, 1.54) is 36.7 Å². The number of hydrogen-bond donors (Lipinski definition) is 0. The zero-order valence-corrected chi connectivity index (χ0v) is 14.1. The molecule has 0 saturated carbocycles. The van der Waals surface area contributed by atoms with Crippen LogP contribution in [0.15, 0.2) is 48.7 Å². The first-order chi connectivity index (χ1) is 11.8. The van der Waals surface area contributed by atoms with Gasteiger partial charge in [0.1, 0.15) is 6.61 Å². The first-order valence-corrected chi connectivity index (χ1v) is 8.70. The fraction of sp³-hybridized carbons (Fsp3) is 0.350. The Hall–Kier alpha value is -2.33. The number of benzene rings is 2. The summed E-state index contributed by atoms with van der Waals surface area (Å²) in [7, 11) is 0. The van der Waals surface area contributed by atoms with Crippen LogP contribution in [-0.4, -0.2) is 40.9 Å². The maximum atomic E-state index is 5.91. The molecule has 1 fully saturated rings. The number of aryl methyl sites for hydroxylation is 1. The van der Waals surface area contributed by atoms with Crippen LogP contribution in [-0.2, 0) is 0 Å². The van der Waals surface area contributed by atoms with Crippen LogP contribution in [0.25, 0.3) is 16.5 Å². The van der Waals surface area contributed by atoms with Gasteiger partial charge in [-0.25, -0.2) is 4.68 Å². The van der Waals surface area contributed by atoms with Crippen LogP contribution in [0.4, 0.5) is 0 Å². The van der Waals surface area contributed by atoms with E-state index in [0.29, 0.717) is 6.61 Å². The topological polar surface area (TPSA) is 30.3 Å². The van der Waals surface area contributed by atoms with E-state index in [4.69, 9.17) is 4.74 Å². The van der Waals surface area contributed by atoms with Crippen molar-refractivity contribution >= 4 is 10.8 Å². The SMILES string of the molecule is Cc1cn(-c2ccc3ccccc3c2)nc1OCCN1CCCC1. The van der Waals surface area contributed by atoms with Crippen molar-refractivity contribution in [3.05, 3.63) is 54.2 Å². The summed E-state index contributed by atoms with van der Waals surface area (Å²) in [5.74, 6) is 0.738. The van der Waals surface area contributed by atoms with Gasteiger partial charge < -0.3 is 4.74 Å². The second-order valence-corrected chi connectivity index (χ2v) is 6.49. The molecular formula is C20H23N3O. The van der Waals surface area contributed by atoms with Gasteiger partial charge in [0.2, 0.25) is 5.88 Å². The van der Waals surface area contributed by atoms with Gasteiger partial charge in [-0.1, -0.05) is 30.3 Å². The monoisotopic (exact) mass is 321 g/mol. The lowest BCUT2D eigenvalue weighted by Gasteiger charge is -2.14. The van der Waals surface area contributed by atoms with Gasteiger partial charge in [-0.2, -0.15) is 0 Å². The van der Waals surface area contributed by atoms with Gasteiger partial charge >= 0.3 is 0 Å². The fourth-order valence-corrected chi connectivity index (χ4v) is 3.32. The highest BCUT2D eigenvalue weighted by molar-refractivity contribution is 5.84. The Balaban J connectivity index is 1.49. The third-order valence-electron chi connectivity index (χ3n) is 4.69. The molecule has 4 heteroatoms. The van der Waals surface area contributed by atoms with E-state index in [9.17, 15) is 0 Å². The Bertz CT molecular complexity index is 834. The molecule has 4 rings (SSSR count). The van der Waals surface area contributed by atoms with E-state index in [-0.39, 0.29) is 0 Å². The summed E-state index contributed by atoms with van der Waals surface area (Å²) in [5.41, 5.74) is 2.13. The van der Waals surface area contributed by atoms with Crippen LogP contribution in [0, 0.1) is 6.92 Å². The number of fused-ring (bicyclic) bond motifs is 1. The number of likely N-dealkylation sites (tertiary alicyclic amines) is 1. The van der Waals surface area contributed by atoms with Crippen LogP contribution >= 0.6 is 0 Å². The molecule has 0 unspecified atom stereocenters. The van der Waals surface area contributed by atoms with Gasteiger partial charge in [0.25, 0.3) is 0 Å². The quantitative estimate of drug-likeness (QED) is 0.716. The largest absolute Gasteiger partial charge is 0.475 e. The van der Waals surface area contributed by atoms with Crippen molar-refractivity contribution in [3.63, 3.8) is 0 Å². The lowest BCUT2D eigenvalue weighted by Crippen LogP contribution is -2.25. The van der Waals surface area contributed by atoms with Crippen LogP contribution in [0.2, 0.25) is 0 Å². The summed E-state index contributed by atoms with van der Waals surface area (Å²) in [4.78, 5) is 2.45. The Morgan fingerprint density at radius 2 is 1.83 bits per heavy atom. The van der Waals surface area contributed by atoms with Gasteiger partial charge in [-0.3, -0.25) is 4.90 Å². The van der Waals surface area contributed by atoms with Gasteiger partial charge in [0, 0.05) is 18.3 Å². The summed E-state index contributed by atoms with van der Waals surface area (Å²) < 4.78 is 7.82. The molecule has 124 valence electrons. The Morgan fingerprint density at radius 1 is 1.04 bits per heavy atom. The first kappa shape index (κ1) is 15.2. The van der Waals surface area contributed by atoms with E-state index >= 15 is 0 Å². The van der Waals surface area contributed by atoms with Crippen molar-refractivity contribution in [2.75, 3.05) is 26.2 Å². The summed E-state index contributed by atoms with van der Waals surface area (Å²) in [6.45, 7) is 6.15. The molecule has 2 aromatic carbocycles. The summed E-state index contributed by atoms with van der Waals surface area (Å²) in [6.07, 6.45) is 4.67. The van der Waals surface area contributed by atoms with Gasteiger partial charge in [-0.05, 0) is 55.8 Å². The smallest absolute Gasteiger partial charge is 0.236 e. The molecule has 24 heavy (non-hydrogen) atoms. The molecule has 1 aliphatic rings. The molecule has 1 aromatic heterocycles. The molecule has 0 N–H and O–H groups in total. The van der Waals surface area contributed by atoms with E-state index in [0.717, 1.165) is 23.7 Å². The van der Waals surface area contributed by atoms with Crippen LogP contribution in [0.1, 0.15) is 18.4 Å². The minimum Gasteiger partial charge on any atom is -0.475 e. The predicted octanol–water partition coefficient (Wildman–Crippen LogP) is 3.81. The molecule has 0 spiro atoms. The standard InChI is InChI=1S/C20H23N3O/c1-16-15-23(19-9-8-17-6-2-3-7-18(17)14-19)21-20(16)24-13-12-22-10-4-5-11-22/h2-3,6-9,14-15H,4-5,10-13H2,1H3. The summed E-state index contributed by atoms with van der Waals surface area (Å²) in [6, 6.07) is 14.8. The third-order valence-corrected chi connectivity index (χ3v) is 4.69. The van der Waals surface area contributed by atoms with Crippen molar-refractivity contribution in [1.82, 2.24) is 14.7 Å². The maximum Gasteiger partial charge on any atom is 0.236 e. The average Bonchev–Trinajstić information content (AvgIpc) is 3.25. The molecule has 3 aromatic rings. The Labute approximate surface area is 142 Å². The number of ether oxygens (including phenoxy) is 1. The van der Waals surface area contributed by atoms with Crippen molar-refractivity contribution in [1.29, 1.82) is 0 Å². The molecule has 0 amide bonds. The van der Waals surface area contributed by atoms with Crippen molar-refractivity contribution in [2.24, 2.45) is 0 Å². The summed E-state index contributed by atoms with van der Waals surface area (Å²) in [5, 5.41) is 7.09. The second-order valence-electron chi connectivity index (χ2n) is 6.49. The van der Waals surface area contributed by atoms with Crippen molar-refractivity contribution in [3.8, 4) is 11.6 Å². The zero-order valence-electron chi connectivity index (χ0n) is 14.1. The van der Waals surface area contributed by atoms with Gasteiger partial charge in [-0.15, -0.1) is 5.10 Å². The van der Waals surface area contributed by atoms with Crippen molar-refractivity contribution in [2.45, 2.75) is 19.8 Å². The number of hydrogen-bond acceptors (Lipinski definition) is 3. The van der Waals surface area contributed by atoms with E-state index in [2.05, 4.69) is 59.4 Å². The first-order valence-electron chi connectivity index (χ1n) is 8.70. The minimum absolute atomic E-state index is 0.704. The van der Waals surface area contributed by atoms with E-state index in [1.807, 2.05) is 10.9 Å². The average molecular weight is 321 g/mol. The molecule has 0 radical (unpaired) electrons. The molecule has 0 aliphatic carbocycles. The molecule has 1 aliphatic heterocycles. The fourth-order valence-electron chi connectivity index (χ4n) is 3.32. The lowest BCUT2D eigenvalue weighted by atomic mass is 10.1. The van der Waals surface area contributed by atoms with Gasteiger partial charge in [0.05, 0.1) is 5.69 Å². The molecule has 0 bridgehead atoms. The van der Waals surface area contributed by atoms with Crippen LogP contribution in [0.3, 0.4) is 0 Å². The maximum absolute atomic E-state index is 5.91. The number of aromatic nitrogens is 2. The molecule has 0 atom stereocenters. The molecule has 4 nitrogen and oxygen atoms in total. The van der Waals surface area contributed by atoms with Crippen molar-refractivity contribution < 1.29 is 4.74 Å². The van der Waals surface area contributed by atoms with E-state index in [1.54, 1.807) is 0 Å². The lowest BCUT2D eigenvalue weighted by molar-refractivity contribution is 0.230. The molecule has 2 heterocycles. The van der Waals surface area contributed by atoms with Crippen LogP contribution < -0.4 is 4.74 Å². The van der Waals surface area contributed by atoms with E-state index < -0.39 is 0 Å². The molecule has 1 saturated heterocycles. The third kappa shape index (κ3) is 3.15. The van der Waals surface area contributed by atoms with Gasteiger partial charge in [0.15, 0.2) is 0 Å². The Kier molecular flexibility index (Phi) is 4.22. The minimum atomic E-state index is 0.704. The highest BCUT2D eigenvalue weighted by atomic mass is 16.5. The highest BCUT2D eigenvalue weighted by Crippen LogP contribution is 2.21. The second kappa shape index (κ2) is 6.65. The molecular weight excluding hydrogens is 298 g/mol. The summed E-state index contributed by atoms with van der Waals surface area (Å²) >= 11 is 0. The highest BCUT2D eigenvalue weighted by Gasteiger charge is 2.12. The Morgan fingerprint density at radius 3 is 2.67 bits per heavy atom. The number of rotatable bonds is 5. The normalized spacial score (nSPS) is 15.2.